The third kappa shape index (κ3) is 2.93. The van der Waals surface area contributed by atoms with Crippen molar-refractivity contribution in [2.45, 2.75) is 32.2 Å². The van der Waals surface area contributed by atoms with Crippen LogP contribution in [0.1, 0.15) is 36.7 Å². The average Bonchev–Trinajstić information content (AvgIpc) is 2.75. The number of hydrogen-bond donors (Lipinski definition) is 2. The molecule has 1 fully saturated rings. The Morgan fingerprint density at radius 1 is 1.35 bits per heavy atom. The zero-order chi connectivity index (χ0) is 12.3. The van der Waals surface area contributed by atoms with Crippen LogP contribution < -0.4 is 10.6 Å². The predicted molar refractivity (Wildman–Crippen MR) is 65.8 cm³/mol. The van der Waals surface area contributed by atoms with Crippen LogP contribution in [-0.2, 0) is 0 Å². The Labute approximate surface area is 101 Å². The maximum absolute atomic E-state index is 11.9. The first-order valence-electron chi connectivity index (χ1n) is 5.99. The second kappa shape index (κ2) is 5.12. The van der Waals surface area contributed by atoms with E-state index in [2.05, 4.69) is 27.5 Å². The molecule has 2 N–H and O–H groups in total. The van der Waals surface area contributed by atoms with Gasteiger partial charge in [-0.1, -0.05) is 6.92 Å². The lowest BCUT2D eigenvalue weighted by atomic mass is 10.1. The van der Waals surface area contributed by atoms with E-state index in [-0.39, 0.29) is 5.91 Å². The smallest absolute Gasteiger partial charge is 0.271 e. The van der Waals surface area contributed by atoms with E-state index in [9.17, 15) is 4.79 Å². The molecule has 92 valence electrons. The van der Waals surface area contributed by atoms with Gasteiger partial charge in [0.05, 0.1) is 12.4 Å². The van der Waals surface area contributed by atoms with E-state index >= 15 is 0 Å². The molecule has 2 unspecified atom stereocenters. The second-order valence-corrected chi connectivity index (χ2v) is 4.63. The Morgan fingerprint density at radius 3 is 2.71 bits per heavy atom. The van der Waals surface area contributed by atoms with Gasteiger partial charge in [-0.3, -0.25) is 4.79 Å². The molecule has 0 saturated heterocycles. The van der Waals surface area contributed by atoms with Crippen LogP contribution in [0.4, 0.5) is 5.82 Å². The molecule has 5 heteroatoms. The fourth-order valence-corrected chi connectivity index (χ4v) is 2.17. The summed E-state index contributed by atoms with van der Waals surface area (Å²) in [6.07, 6.45) is 6.38. The lowest BCUT2D eigenvalue weighted by molar-refractivity contribution is 0.0932. The number of carbonyl (C=O) groups is 1. The van der Waals surface area contributed by atoms with E-state index in [4.69, 9.17) is 0 Å². The minimum absolute atomic E-state index is 0.126. The molecule has 0 radical (unpaired) electrons. The van der Waals surface area contributed by atoms with Crippen molar-refractivity contribution in [3.63, 3.8) is 0 Å². The summed E-state index contributed by atoms with van der Waals surface area (Å²) in [5.41, 5.74) is 0.378. The minimum atomic E-state index is -0.126. The minimum Gasteiger partial charge on any atom is -0.372 e. The Morgan fingerprint density at radius 2 is 2.18 bits per heavy atom. The summed E-state index contributed by atoms with van der Waals surface area (Å²) in [5, 5.41) is 5.87. The molecule has 0 aliphatic heterocycles. The van der Waals surface area contributed by atoms with Crippen LogP contribution in [0.15, 0.2) is 12.4 Å². The molecular formula is C12H18N4O. The van der Waals surface area contributed by atoms with Crippen molar-refractivity contribution in [2.75, 3.05) is 12.4 Å². The van der Waals surface area contributed by atoms with Gasteiger partial charge in [-0.05, 0) is 25.2 Å². The first kappa shape index (κ1) is 11.8. The van der Waals surface area contributed by atoms with E-state index in [1.165, 1.54) is 12.6 Å². The number of amides is 1. The van der Waals surface area contributed by atoms with Crippen molar-refractivity contribution < 1.29 is 4.79 Å². The summed E-state index contributed by atoms with van der Waals surface area (Å²) in [6.45, 7) is 2.22. The van der Waals surface area contributed by atoms with Crippen molar-refractivity contribution in [1.29, 1.82) is 0 Å². The van der Waals surface area contributed by atoms with Gasteiger partial charge in [-0.25, -0.2) is 9.97 Å². The quantitative estimate of drug-likeness (QED) is 0.830. The monoisotopic (exact) mass is 234 g/mol. The van der Waals surface area contributed by atoms with Gasteiger partial charge in [0.2, 0.25) is 0 Å². The van der Waals surface area contributed by atoms with Crippen molar-refractivity contribution in [1.82, 2.24) is 15.3 Å². The molecule has 1 aromatic rings. The highest BCUT2D eigenvalue weighted by atomic mass is 16.1. The Kier molecular flexibility index (Phi) is 3.56. The van der Waals surface area contributed by atoms with Crippen LogP contribution in [0.5, 0.6) is 0 Å². The summed E-state index contributed by atoms with van der Waals surface area (Å²) in [7, 11) is 1.77. The molecule has 2 atom stereocenters. The van der Waals surface area contributed by atoms with E-state index in [0.29, 0.717) is 23.5 Å². The number of nitrogens with zero attached hydrogens (tertiary/aromatic N) is 2. The fourth-order valence-electron chi connectivity index (χ4n) is 2.17. The Balaban J connectivity index is 1.94. The molecule has 5 nitrogen and oxygen atoms in total. The summed E-state index contributed by atoms with van der Waals surface area (Å²) in [6, 6.07) is 0.295. The lowest BCUT2D eigenvalue weighted by Gasteiger charge is -2.11. The van der Waals surface area contributed by atoms with Gasteiger partial charge in [0.25, 0.3) is 5.91 Å². The highest BCUT2D eigenvalue weighted by molar-refractivity contribution is 5.92. The molecular weight excluding hydrogens is 216 g/mol. The number of aromatic nitrogens is 2. The van der Waals surface area contributed by atoms with Gasteiger partial charge in [-0.2, -0.15) is 0 Å². The van der Waals surface area contributed by atoms with Crippen molar-refractivity contribution in [2.24, 2.45) is 5.92 Å². The van der Waals surface area contributed by atoms with Gasteiger partial charge in [0.15, 0.2) is 0 Å². The molecule has 1 aliphatic rings. The standard InChI is InChI=1S/C12H18N4O/c1-8-3-4-9(5-8)16-12(17)10-6-15-11(13-2)7-14-10/h6-9H,3-5H2,1-2H3,(H,13,15)(H,16,17). The number of rotatable bonds is 3. The van der Waals surface area contributed by atoms with Crippen LogP contribution in [0.25, 0.3) is 0 Å². The summed E-state index contributed by atoms with van der Waals surface area (Å²) < 4.78 is 0. The number of carbonyl (C=O) groups excluding carboxylic acids is 1. The number of anilines is 1. The van der Waals surface area contributed by atoms with Crippen molar-refractivity contribution in [3.05, 3.63) is 18.1 Å². The number of nitrogens with one attached hydrogen (secondary N) is 2. The van der Waals surface area contributed by atoms with E-state index < -0.39 is 0 Å². The zero-order valence-corrected chi connectivity index (χ0v) is 10.2. The van der Waals surface area contributed by atoms with Gasteiger partial charge >= 0.3 is 0 Å². The van der Waals surface area contributed by atoms with Crippen LogP contribution >= 0.6 is 0 Å². The summed E-state index contributed by atoms with van der Waals surface area (Å²) in [5.74, 6) is 1.24. The van der Waals surface area contributed by atoms with E-state index in [1.807, 2.05) is 0 Å². The Bertz CT molecular complexity index is 390. The third-order valence-corrected chi connectivity index (χ3v) is 3.17. The molecule has 1 aromatic heterocycles. The van der Waals surface area contributed by atoms with Crippen LogP contribution in [0, 0.1) is 5.92 Å². The molecule has 0 spiro atoms. The van der Waals surface area contributed by atoms with Gasteiger partial charge in [-0.15, -0.1) is 0 Å². The van der Waals surface area contributed by atoms with Crippen LogP contribution in [-0.4, -0.2) is 29.0 Å². The molecule has 1 aliphatic carbocycles. The maximum Gasteiger partial charge on any atom is 0.271 e. The highest BCUT2D eigenvalue weighted by Crippen LogP contribution is 2.24. The van der Waals surface area contributed by atoms with Gasteiger partial charge in [0.1, 0.15) is 11.5 Å². The van der Waals surface area contributed by atoms with Crippen molar-refractivity contribution >= 4 is 11.7 Å². The van der Waals surface area contributed by atoms with E-state index in [1.54, 1.807) is 13.2 Å². The SMILES string of the molecule is CNc1cnc(C(=O)NC2CCC(C)C2)cn1. The number of hydrogen-bond acceptors (Lipinski definition) is 4. The molecule has 0 aromatic carbocycles. The maximum atomic E-state index is 11.9. The van der Waals surface area contributed by atoms with Crippen molar-refractivity contribution in [3.8, 4) is 0 Å². The lowest BCUT2D eigenvalue weighted by Crippen LogP contribution is -2.33. The first-order valence-corrected chi connectivity index (χ1v) is 5.99. The predicted octanol–water partition coefficient (Wildman–Crippen LogP) is 1.44. The Hall–Kier alpha value is -1.65. The summed E-state index contributed by atoms with van der Waals surface area (Å²) >= 11 is 0. The van der Waals surface area contributed by atoms with Gasteiger partial charge < -0.3 is 10.6 Å². The third-order valence-electron chi connectivity index (χ3n) is 3.17. The average molecular weight is 234 g/mol. The first-order chi connectivity index (χ1) is 8.19. The fraction of sp³-hybridized carbons (Fsp3) is 0.583. The highest BCUT2D eigenvalue weighted by Gasteiger charge is 2.23. The molecule has 1 amide bonds. The van der Waals surface area contributed by atoms with Crippen LogP contribution in [0.2, 0.25) is 0 Å². The molecule has 1 saturated carbocycles. The van der Waals surface area contributed by atoms with E-state index in [0.717, 1.165) is 12.8 Å². The zero-order valence-electron chi connectivity index (χ0n) is 10.2. The van der Waals surface area contributed by atoms with Gasteiger partial charge in [0, 0.05) is 13.1 Å². The molecule has 17 heavy (non-hydrogen) atoms. The largest absolute Gasteiger partial charge is 0.372 e. The summed E-state index contributed by atoms with van der Waals surface area (Å²) in [4.78, 5) is 20.0. The molecule has 0 bridgehead atoms. The molecule has 2 rings (SSSR count). The molecule has 1 heterocycles. The van der Waals surface area contributed by atoms with Crippen LogP contribution in [0.3, 0.4) is 0 Å². The topological polar surface area (TPSA) is 66.9 Å². The normalized spacial score (nSPS) is 23.4. The second-order valence-electron chi connectivity index (χ2n) is 4.63.